The third-order valence-electron chi connectivity index (χ3n) is 2.53. The molecule has 0 unspecified atom stereocenters. The van der Waals surface area contributed by atoms with E-state index >= 15 is 0 Å². The lowest BCUT2D eigenvalue weighted by molar-refractivity contribution is -0.121. The maximum atomic E-state index is 12.2. The largest absolute Gasteiger partial charge is 0.506 e. The summed E-state index contributed by atoms with van der Waals surface area (Å²) in [6.07, 6.45) is 3.26. The minimum absolute atomic E-state index is 0.0854. The monoisotopic (exact) mass is 433 g/mol. The molecule has 1 heterocycles. The number of benzene rings is 1. The van der Waals surface area contributed by atoms with E-state index in [0.29, 0.717) is 25.8 Å². The number of thiocarbonyl (C=S) groups is 1. The van der Waals surface area contributed by atoms with Gasteiger partial charge in [-0.2, -0.15) is 0 Å². The number of aromatic hydroxyl groups is 1. The zero-order chi connectivity index (χ0) is 14.9. The number of carbonyl (C=O) groups is 1. The number of rotatable bonds is 3. The number of amides is 1. The lowest BCUT2D eigenvalue weighted by Gasteiger charge is -2.10. The molecule has 1 aromatic rings. The minimum atomic E-state index is -0.171. The fourth-order valence-electron chi connectivity index (χ4n) is 1.62. The van der Waals surface area contributed by atoms with Gasteiger partial charge in [0.15, 0.2) is 0 Å². The van der Waals surface area contributed by atoms with Crippen LogP contribution in [0.2, 0.25) is 0 Å². The van der Waals surface area contributed by atoms with Crippen molar-refractivity contribution in [1.29, 1.82) is 0 Å². The van der Waals surface area contributed by atoms with E-state index in [0.717, 1.165) is 4.47 Å². The van der Waals surface area contributed by atoms with E-state index in [4.69, 9.17) is 12.2 Å². The molecule has 0 aromatic heterocycles. The van der Waals surface area contributed by atoms with Gasteiger partial charge in [0.25, 0.3) is 5.91 Å². The van der Waals surface area contributed by atoms with Crippen molar-refractivity contribution < 1.29 is 9.90 Å². The molecule has 0 aliphatic carbocycles. The predicted octanol–water partition coefficient (Wildman–Crippen LogP) is 4.30. The van der Waals surface area contributed by atoms with Crippen LogP contribution in [0.5, 0.6) is 5.75 Å². The summed E-state index contributed by atoms with van der Waals surface area (Å²) in [6.45, 7) is 3.99. The van der Waals surface area contributed by atoms with Crippen molar-refractivity contribution in [3.63, 3.8) is 0 Å². The summed E-state index contributed by atoms with van der Waals surface area (Å²) in [5, 5.41) is 10.0. The Morgan fingerprint density at radius 3 is 2.80 bits per heavy atom. The second-order valence-electron chi connectivity index (χ2n) is 3.91. The zero-order valence-corrected chi connectivity index (χ0v) is 14.9. The summed E-state index contributed by atoms with van der Waals surface area (Å²) in [7, 11) is 0. The van der Waals surface area contributed by atoms with Gasteiger partial charge in [-0.3, -0.25) is 9.69 Å². The van der Waals surface area contributed by atoms with Crippen LogP contribution in [-0.2, 0) is 4.79 Å². The molecule has 0 saturated carbocycles. The maximum absolute atomic E-state index is 12.2. The molecule has 1 N–H and O–H groups in total. The van der Waals surface area contributed by atoms with E-state index in [9.17, 15) is 9.90 Å². The van der Waals surface area contributed by atoms with Crippen molar-refractivity contribution in [3.8, 4) is 5.75 Å². The maximum Gasteiger partial charge on any atom is 0.266 e. The topological polar surface area (TPSA) is 40.5 Å². The van der Waals surface area contributed by atoms with E-state index in [1.165, 1.54) is 16.7 Å². The van der Waals surface area contributed by atoms with Crippen molar-refractivity contribution in [2.75, 3.05) is 6.54 Å². The zero-order valence-electron chi connectivity index (χ0n) is 10.1. The Kier molecular flexibility index (Phi) is 5.06. The highest BCUT2D eigenvalue weighted by Gasteiger charge is 2.31. The second-order valence-corrected chi connectivity index (χ2v) is 7.35. The Balaban J connectivity index is 2.40. The average molecular weight is 435 g/mol. The first-order chi connectivity index (χ1) is 9.43. The summed E-state index contributed by atoms with van der Waals surface area (Å²) in [5.41, 5.74) is 0.547. The van der Waals surface area contributed by atoms with Gasteiger partial charge in [-0.05, 0) is 34.1 Å². The fraction of sp³-hybridized carbons (Fsp3) is 0.0769. The summed E-state index contributed by atoms with van der Waals surface area (Å²) in [5.74, 6) is -0.0856. The number of hydrogen-bond donors (Lipinski definition) is 1. The van der Waals surface area contributed by atoms with Crippen molar-refractivity contribution in [2.24, 2.45) is 0 Å². The molecule has 0 atom stereocenters. The molecule has 3 nitrogen and oxygen atoms in total. The number of phenolic OH excluding ortho intramolecular Hbond substituents is 1. The van der Waals surface area contributed by atoms with Crippen molar-refractivity contribution >= 4 is 72.1 Å². The Morgan fingerprint density at radius 2 is 2.15 bits per heavy atom. The average Bonchev–Trinajstić information content (AvgIpc) is 2.63. The van der Waals surface area contributed by atoms with Gasteiger partial charge in [0.1, 0.15) is 10.1 Å². The highest BCUT2D eigenvalue weighted by molar-refractivity contribution is 9.11. The normalized spacial score (nSPS) is 17.1. The van der Waals surface area contributed by atoms with E-state index in [-0.39, 0.29) is 11.7 Å². The molecular formula is C13H9Br2NO2S2. The number of carbonyl (C=O) groups excluding carboxylic acids is 1. The summed E-state index contributed by atoms with van der Waals surface area (Å²) in [4.78, 5) is 14.1. The van der Waals surface area contributed by atoms with Gasteiger partial charge in [-0.1, -0.05) is 46.0 Å². The molecule has 7 heteroatoms. The van der Waals surface area contributed by atoms with Gasteiger partial charge >= 0.3 is 0 Å². The van der Waals surface area contributed by atoms with Crippen molar-refractivity contribution in [2.45, 2.75) is 0 Å². The van der Waals surface area contributed by atoms with Gasteiger partial charge in [0, 0.05) is 16.6 Å². The number of phenols is 1. The molecule has 0 spiro atoms. The molecule has 1 saturated heterocycles. The Morgan fingerprint density at radius 1 is 1.45 bits per heavy atom. The van der Waals surface area contributed by atoms with E-state index in [1.807, 2.05) is 0 Å². The molecule has 1 amide bonds. The van der Waals surface area contributed by atoms with E-state index in [2.05, 4.69) is 38.4 Å². The van der Waals surface area contributed by atoms with Crippen LogP contribution in [0.15, 0.2) is 38.6 Å². The molecule has 1 aliphatic rings. The Labute approximate surface area is 143 Å². The highest BCUT2D eigenvalue weighted by Crippen LogP contribution is 2.37. The fourth-order valence-corrected chi connectivity index (χ4v) is 4.15. The summed E-state index contributed by atoms with van der Waals surface area (Å²) < 4.78 is 1.85. The lowest BCUT2D eigenvalue weighted by atomic mass is 10.2. The second kappa shape index (κ2) is 6.43. The Bertz CT molecular complexity index is 644. The molecule has 20 heavy (non-hydrogen) atoms. The first kappa shape index (κ1) is 15.8. The van der Waals surface area contributed by atoms with Crippen LogP contribution in [0, 0.1) is 0 Å². The number of thioether (sulfide) groups is 1. The van der Waals surface area contributed by atoms with E-state index < -0.39 is 0 Å². The Hall–Kier alpha value is -0.630. The van der Waals surface area contributed by atoms with Gasteiger partial charge in [0.2, 0.25) is 0 Å². The molecule has 2 rings (SSSR count). The standard InChI is InChI=1S/C13H9Br2NO2S2/c1-2-3-16-12(18)10(20-13(16)19)5-7-4-8(14)6-9(15)11(7)17/h2,4-6,17H,1,3H2/b10-5+. The van der Waals surface area contributed by atoms with Crippen LogP contribution in [0.1, 0.15) is 5.56 Å². The van der Waals surface area contributed by atoms with Crippen molar-refractivity contribution in [3.05, 3.63) is 44.2 Å². The number of halogens is 2. The van der Waals surface area contributed by atoms with Gasteiger partial charge in [-0.15, -0.1) is 6.58 Å². The molecule has 1 fully saturated rings. The van der Waals surface area contributed by atoms with E-state index in [1.54, 1.807) is 24.3 Å². The molecule has 104 valence electrons. The van der Waals surface area contributed by atoms with Crippen LogP contribution in [-0.4, -0.2) is 26.8 Å². The first-order valence-corrected chi connectivity index (χ1v) is 8.29. The van der Waals surface area contributed by atoms with Gasteiger partial charge in [-0.25, -0.2) is 0 Å². The highest BCUT2D eigenvalue weighted by atomic mass is 79.9. The lowest BCUT2D eigenvalue weighted by Crippen LogP contribution is -2.27. The SMILES string of the molecule is C=CCN1C(=O)/C(=C\c2cc(Br)cc(Br)c2O)SC1=S. The smallest absolute Gasteiger partial charge is 0.266 e. The van der Waals surface area contributed by atoms with Gasteiger partial charge < -0.3 is 5.11 Å². The van der Waals surface area contributed by atoms with Crippen LogP contribution in [0.3, 0.4) is 0 Å². The van der Waals surface area contributed by atoms with Crippen LogP contribution < -0.4 is 0 Å². The summed E-state index contributed by atoms with van der Waals surface area (Å²) >= 11 is 13.0. The van der Waals surface area contributed by atoms with Crippen molar-refractivity contribution in [1.82, 2.24) is 4.90 Å². The first-order valence-electron chi connectivity index (χ1n) is 5.48. The third-order valence-corrected chi connectivity index (χ3v) is 4.97. The molecule has 1 aromatic carbocycles. The molecule has 0 radical (unpaired) electrons. The number of hydrogen-bond acceptors (Lipinski definition) is 4. The predicted molar refractivity (Wildman–Crippen MR) is 93.6 cm³/mol. The van der Waals surface area contributed by atoms with Crippen LogP contribution in [0.25, 0.3) is 6.08 Å². The van der Waals surface area contributed by atoms with Gasteiger partial charge in [0.05, 0.1) is 9.38 Å². The quantitative estimate of drug-likeness (QED) is 0.437. The number of nitrogens with zero attached hydrogens (tertiary/aromatic N) is 1. The van der Waals surface area contributed by atoms with Crippen LogP contribution >= 0.6 is 55.8 Å². The third kappa shape index (κ3) is 3.16. The minimum Gasteiger partial charge on any atom is -0.506 e. The molecular weight excluding hydrogens is 426 g/mol. The molecule has 1 aliphatic heterocycles. The summed E-state index contributed by atoms with van der Waals surface area (Å²) in [6, 6.07) is 3.47. The van der Waals surface area contributed by atoms with Crippen LogP contribution in [0.4, 0.5) is 0 Å². The molecule has 0 bridgehead atoms.